The zero-order valence-corrected chi connectivity index (χ0v) is 16.5. The van der Waals surface area contributed by atoms with Crippen molar-refractivity contribution in [2.24, 2.45) is 11.3 Å². The number of nitrogens with zero attached hydrogens (tertiary/aromatic N) is 3. The maximum absolute atomic E-state index is 14.3. The van der Waals surface area contributed by atoms with Crippen molar-refractivity contribution >= 4 is 17.6 Å². The summed E-state index contributed by atoms with van der Waals surface area (Å²) in [5, 5.41) is 9.23. The summed E-state index contributed by atoms with van der Waals surface area (Å²) in [6, 6.07) is 3.39. The molecule has 1 N–H and O–H groups in total. The summed E-state index contributed by atoms with van der Waals surface area (Å²) in [7, 11) is 0. The van der Waals surface area contributed by atoms with Gasteiger partial charge in [0.2, 0.25) is 0 Å². The highest BCUT2D eigenvalue weighted by Crippen LogP contribution is 2.47. The molecule has 0 spiro atoms. The highest BCUT2D eigenvalue weighted by atomic mass is 19.1. The van der Waals surface area contributed by atoms with E-state index in [0.29, 0.717) is 55.4 Å². The van der Waals surface area contributed by atoms with Crippen LogP contribution in [0, 0.1) is 31.0 Å². The van der Waals surface area contributed by atoms with Crippen molar-refractivity contribution in [2.75, 3.05) is 31.1 Å². The van der Waals surface area contributed by atoms with E-state index in [1.54, 1.807) is 37.1 Å². The second kappa shape index (κ2) is 7.17. The van der Waals surface area contributed by atoms with Gasteiger partial charge in [0.05, 0.1) is 17.4 Å². The molecule has 7 nitrogen and oxygen atoms in total. The third-order valence-corrected chi connectivity index (χ3v) is 6.25. The highest BCUT2D eigenvalue weighted by Gasteiger charge is 2.53. The summed E-state index contributed by atoms with van der Waals surface area (Å²) in [6.07, 6.45) is 3.21. The van der Waals surface area contributed by atoms with E-state index in [1.807, 2.05) is 4.90 Å². The number of aromatic nitrogens is 1. The van der Waals surface area contributed by atoms with Crippen LogP contribution in [-0.2, 0) is 4.79 Å². The number of carbonyl (C=O) groups excluding carboxylic acids is 1. The lowest BCUT2D eigenvalue weighted by Gasteiger charge is -2.29. The first kappa shape index (κ1) is 19.4. The molecule has 154 valence electrons. The summed E-state index contributed by atoms with van der Waals surface area (Å²) in [5.41, 5.74) is 0.646. The Labute approximate surface area is 168 Å². The molecule has 4 rings (SSSR count). The summed E-state index contributed by atoms with van der Waals surface area (Å²) in [6.45, 7) is 5.64. The Morgan fingerprint density at radius 1 is 1.34 bits per heavy atom. The van der Waals surface area contributed by atoms with Crippen molar-refractivity contribution in [3.05, 3.63) is 47.4 Å². The van der Waals surface area contributed by atoms with Crippen LogP contribution in [0.25, 0.3) is 0 Å². The number of fused-ring (bicyclic) bond motifs is 1. The number of pyridine rings is 1. The van der Waals surface area contributed by atoms with Crippen LogP contribution in [-0.4, -0.2) is 53.0 Å². The molecular formula is C21H24FN3O4. The lowest BCUT2D eigenvalue weighted by molar-refractivity contribution is -0.137. The molecule has 0 saturated carbocycles. The standard InChI is InChI=1S/C21H24FN3O4/c1-13-7-16(14(2)29-13)20(28)25-10-15-9-24(18-4-6-23-8-17(18)22)11-21(15,12-25)5-3-19(26)27/h4,6-8,15H,3,5,9-12H2,1-2H3,(H,26,27). The molecule has 8 heteroatoms. The minimum Gasteiger partial charge on any atom is -0.481 e. The van der Waals surface area contributed by atoms with Crippen LogP contribution in [0.5, 0.6) is 0 Å². The number of carboxylic acid groups (broad SMARTS) is 1. The number of halogens is 1. The van der Waals surface area contributed by atoms with E-state index in [2.05, 4.69) is 4.98 Å². The number of carbonyl (C=O) groups is 2. The third-order valence-electron chi connectivity index (χ3n) is 6.25. The van der Waals surface area contributed by atoms with E-state index in [4.69, 9.17) is 4.42 Å². The maximum Gasteiger partial charge on any atom is 0.303 e. The smallest absolute Gasteiger partial charge is 0.303 e. The van der Waals surface area contributed by atoms with Crippen molar-refractivity contribution in [3.63, 3.8) is 0 Å². The molecule has 0 aliphatic carbocycles. The molecule has 2 aliphatic rings. The molecule has 2 aliphatic heterocycles. The molecule has 2 fully saturated rings. The van der Waals surface area contributed by atoms with E-state index in [1.165, 1.54) is 6.20 Å². The topological polar surface area (TPSA) is 86.9 Å². The molecule has 2 unspecified atom stereocenters. The van der Waals surface area contributed by atoms with Gasteiger partial charge in [-0.15, -0.1) is 0 Å². The fourth-order valence-electron chi connectivity index (χ4n) is 4.87. The van der Waals surface area contributed by atoms with Gasteiger partial charge in [-0.3, -0.25) is 14.6 Å². The minimum absolute atomic E-state index is 0.0229. The van der Waals surface area contributed by atoms with Gasteiger partial charge in [0.15, 0.2) is 5.82 Å². The van der Waals surface area contributed by atoms with E-state index in [0.717, 1.165) is 0 Å². The number of aliphatic carboxylic acids is 1. The van der Waals surface area contributed by atoms with Gasteiger partial charge in [0.1, 0.15) is 11.5 Å². The van der Waals surface area contributed by atoms with E-state index in [9.17, 15) is 19.1 Å². The van der Waals surface area contributed by atoms with E-state index >= 15 is 0 Å². The first-order valence-corrected chi connectivity index (χ1v) is 9.72. The number of rotatable bonds is 5. The number of aryl methyl sites for hydroxylation is 2. The van der Waals surface area contributed by atoms with Crippen molar-refractivity contribution in [2.45, 2.75) is 26.7 Å². The first-order chi connectivity index (χ1) is 13.8. The Kier molecular flexibility index (Phi) is 4.80. The van der Waals surface area contributed by atoms with Crippen LogP contribution in [0.1, 0.15) is 34.7 Å². The molecular weight excluding hydrogens is 377 g/mol. The number of anilines is 1. The predicted octanol–water partition coefficient (Wildman–Crippen LogP) is 2.87. The second-order valence-electron chi connectivity index (χ2n) is 8.17. The average molecular weight is 401 g/mol. The minimum atomic E-state index is -0.863. The molecule has 1 amide bonds. The molecule has 2 aromatic rings. The molecule has 2 aromatic heterocycles. The fourth-order valence-corrected chi connectivity index (χ4v) is 4.87. The number of carboxylic acids is 1. The lowest BCUT2D eigenvalue weighted by atomic mass is 9.77. The van der Waals surface area contributed by atoms with Gasteiger partial charge >= 0.3 is 5.97 Å². The molecule has 2 atom stereocenters. The van der Waals surface area contributed by atoms with Gasteiger partial charge in [0.25, 0.3) is 5.91 Å². The SMILES string of the molecule is Cc1cc(C(=O)N2CC3CN(c4ccncc4F)CC3(CCC(=O)O)C2)c(C)o1. The van der Waals surface area contributed by atoms with Crippen molar-refractivity contribution in [1.82, 2.24) is 9.88 Å². The van der Waals surface area contributed by atoms with Gasteiger partial charge in [0, 0.05) is 50.1 Å². The second-order valence-corrected chi connectivity index (χ2v) is 8.17. The number of hydrogen-bond donors (Lipinski definition) is 1. The molecule has 0 radical (unpaired) electrons. The average Bonchev–Trinajstić information content (AvgIpc) is 3.29. The van der Waals surface area contributed by atoms with Crippen LogP contribution in [0.3, 0.4) is 0 Å². The number of furan rings is 1. The van der Waals surface area contributed by atoms with Crippen LogP contribution >= 0.6 is 0 Å². The van der Waals surface area contributed by atoms with Crippen LogP contribution in [0.15, 0.2) is 28.9 Å². The monoisotopic (exact) mass is 401 g/mol. The molecule has 4 heterocycles. The first-order valence-electron chi connectivity index (χ1n) is 9.72. The van der Waals surface area contributed by atoms with Gasteiger partial charge in [-0.2, -0.15) is 0 Å². The Hall–Kier alpha value is -2.90. The lowest BCUT2D eigenvalue weighted by Crippen LogP contribution is -2.37. The normalized spacial score (nSPS) is 23.5. The number of amides is 1. The van der Waals surface area contributed by atoms with Gasteiger partial charge in [-0.05, 0) is 32.4 Å². The zero-order valence-electron chi connectivity index (χ0n) is 16.5. The third kappa shape index (κ3) is 3.47. The zero-order chi connectivity index (χ0) is 20.8. The molecule has 0 aromatic carbocycles. The largest absolute Gasteiger partial charge is 0.481 e. The van der Waals surface area contributed by atoms with Crippen LogP contribution in [0.4, 0.5) is 10.1 Å². The summed E-state index contributed by atoms with van der Waals surface area (Å²) >= 11 is 0. The molecule has 2 saturated heterocycles. The van der Waals surface area contributed by atoms with Gasteiger partial charge < -0.3 is 19.3 Å². The number of hydrogen-bond acceptors (Lipinski definition) is 5. The highest BCUT2D eigenvalue weighted by molar-refractivity contribution is 5.95. The Balaban J connectivity index is 1.58. The Bertz CT molecular complexity index is 959. The maximum atomic E-state index is 14.3. The van der Waals surface area contributed by atoms with Crippen molar-refractivity contribution in [3.8, 4) is 0 Å². The Morgan fingerprint density at radius 3 is 2.79 bits per heavy atom. The fraction of sp³-hybridized carbons (Fsp3) is 0.476. The van der Waals surface area contributed by atoms with Crippen molar-refractivity contribution in [1.29, 1.82) is 0 Å². The summed E-state index contributed by atoms with van der Waals surface area (Å²) < 4.78 is 19.8. The van der Waals surface area contributed by atoms with Crippen LogP contribution in [0.2, 0.25) is 0 Å². The predicted molar refractivity (Wildman–Crippen MR) is 103 cm³/mol. The molecule has 0 bridgehead atoms. The quantitative estimate of drug-likeness (QED) is 0.829. The van der Waals surface area contributed by atoms with Crippen LogP contribution < -0.4 is 4.90 Å². The van der Waals surface area contributed by atoms with Crippen molar-refractivity contribution < 1.29 is 23.5 Å². The molecule has 29 heavy (non-hydrogen) atoms. The van der Waals surface area contributed by atoms with Gasteiger partial charge in [-0.1, -0.05) is 0 Å². The summed E-state index contributed by atoms with van der Waals surface area (Å²) in [5.74, 6) is 0.00240. The van der Waals surface area contributed by atoms with Gasteiger partial charge in [-0.25, -0.2) is 4.39 Å². The Morgan fingerprint density at radius 2 is 2.14 bits per heavy atom. The van der Waals surface area contributed by atoms with E-state index in [-0.39, 0.29) is 23.7 Å². The summed E-state index contributed by atoms with van der Waals surface area (Å²) in [4.78, 5) is 31.9. The van der Waals surface area contributed by atoms with E-state index < -0.39 is 11.8 Å². The number of likely N-dealkylation sites (tertiary alicyclic amines) is 1.